The quantitative estimate of drug-likeness (QED) is 0.527. The molecule has 1 saturated heterocycles. The highest BCUT2D eigenvalue weighted by Crippen LogP contribution is 2.48. The zero-order chi connectivity index (χ0) is 25.6. The SMILES string of the molecule is CC1CCC(C(NC(=O)OC(C)(C)C)c2nc3cc(C4(C(=O)O)CCOC4)ccc3[nH]2)C(C)(C)C1. The monoisotopic (exact) mass is 485 g/mol. The van der Waals surface area contributed by atoms with Gasteiger partial charge in [0, 0.05) is 6.61 Å². The number of ether oxygens (including phenoxy) is 2. The van der Waals surface area contributed by atoms with Crippen LogP contribution in [0.15, 0.2) is 18.2 Å². The fourth-order valence-corrected chi connectivity index (χ4v) is 5.97. The van der Waals surface area contributed by atoms with Crippen LogP contribution in [0.3, 0.4) is 0 Å². The Morgan fingerprint density at radius 2 is 2.03 bits per heavy atom. The minimum atomic E-state index is -1.05. The van der Waals surface area contributed by atoms with E-state index in [4.69, 9.17) is 14.5 Å². The maximum Gasteiger partial charge on any atom is 0.408 e. The Labute approximate surface area is 207 Å². The molecule has 1 aromatic heterocycles. The maximum atomic E-state index is 12.9. The van der Waals surface area contributed by atoms with Gasteiger partial charge in [-0.1, -0.05) is 33.3 Å². The Morgan fingerprint density at radius 3 is 2.63 bits per heavy atom. The van der Waals surface area contributed by atoms with E-state index in [1.807, 2.05) is 39.0 Å². The molecule has 1 aliphatic carbocycles. The normalized spacial score (nSPS) is 27.5. The number of carboxylic acids is 1. The summed E-state index contributed by atoms with van der Waals surface area (Å²) in [5, 5.41) is 13.1. The summed E-state index contributed by atoms with van der Waals surface area (Å²) in [6, 6.07) is 5.21. The number of rotatable bonds is 5. The Balaban J connectivity index is 1.72. The molecule has 0 radical (unpaired) electrons. The second-order valence-corrected chi connectivity index (χ2v) is 12.1. The van der Waals surface area contributed by atoms with Crippen molar-refractivity contribution in [3.63, 3.8) is 0 Å². The first-order valence-corrected chi connectivity index (χ1v) is 12.6. The molecule has 4 rings (SSSR count). The summed E-state index contributed by atoms with van der Waals surface area (Å²) in [6.07, 6.45) is 3.09. The second kappa shape index (κ2) is 9.12. The van der Waals surface area contributed by atoms with E-state index in [1.54, 1.807) is 0 Å². The zero-order valence-corrected chi connectivity index (χ0v) is 21.7. The van der Waals surface area contributed by atoms with E-state index < -0.39 is 23.1 Å². The molecule has 4 unspecified atom stereocenters. The lowest BCUT2D eigenvalue weighted by molar-refractivity contribution is -0.143. The van der Waals surface area contributed by atoms with Crippen molar-refractivity contribution in [1.29, 1.82) is 0 Å². The van der Waals surface area contributed by atoms with Crippen LogP contribution in [0, 0.1) is 17.3 Å². The van der Waals surface area contributed by atoms with Gasteiger partial charge in [-0.05, 0) is 75.0 Å². The summed E-state index contributed by atoms with van der Waals surface area (Å²) in [4.78, 5) is 33.3. The van der Waals surface area contributed by atoms with E-state index in [2.05, 4.69) is 31.1 Å². The van der Waals surface area contributed by atoms with Gasteiger partial charge in [0.15, 0.2) is 0 Å². The molecule has 35 heavy (non-hydrogen) atoms. The molecule has 2 aromatic rings. The molecular formula is C27H39N3O5. The van der Waals surface area contributed by atoms with Crippen molar-refractivity contribution < 1.29 is 24.2 Å². The number of carboxylic acid groups (broad SMARTS) is 1. The van der Waals surface area contributed by atoms with Crippen molar-refractivity contribution in [2.45, 2.75) is 84.3 Å². The van der Waals surface area contributed by atoms with Gasteiger partial charge in [-0.2, -0.15) is 0 Å². The third kappa shape index (κ3) is 5.17. The minimum absolute atomic E-state index is 0.00394. The summed E-state index contributed by atoms with van der Waals surface area (Å²) in [5.41, 5.74) is 0.516. The van der Waals surface area contributed by atoms with Crippen LogP contribution in [0.25, 0.3) is 11.0 Å². The zero-order valence-electron chi connectivity index (χ0n) is 21.7. The molecular weight excluding hydrogens is 446 g/mol. The number of carbonyl (C=O) groups excluding carboxylic acids is 1. The lowest BCUT2D eigenvalue weighted by Gasteiger charge is -2.45. The summed E-state index contributed by atoms with van der Waals surface area (Å²) in [5.74, 6) is 0.581. The summed E-state index contributed by atoms with van der Waals surface area (Å²) in [6.45, 7) is 12.9. The molecule has 4 atom stereocenters. The number of hydrogen-bond donors (Lipinski definition) is 3. The first kappa shape index (κ1) is 25.5. The van der Waals surface area contributed by atoms with Crippen LogP contribution in [0.5, 0.6) is 0 Å². The number of H-pyrrole nitrogens is 1. The van der Waals surface area contributed by atoms with Gasteiger partial charge in [0.25, 0.3) is 0 Å². The third-order valence-electron chi connectivity index (χ3n) is 7.70. The van der Waals surface area contributed by atoms with Crippen molar-refractivity contribution >= 4 is 23.1 Å². The largest absolute Gasteiger partial charge is 0.481 e. The van der Waals surface area contributed by atoms with E-state index in [0.717, 1.165) is 24.8 Å². The smallest absolute Gasteiger partial charge is 0.408 e. The fourth-order valence-electron chi connectivity index (χ4n) is 5.97. The summed E-state index contributed by atoms with van der Waals surface area (Å²) >= 11 is 0. The molecule has 3 N–H and O–H groups in total. The van der Waals surface area contributed by atoms with E-state index >= 15 is 0 Å². The average molecular weight is 486 g/mol. The van der Waals surface area contributed by atoms with Crippen LogP contribution in [0.1, 0.15) is 84.7 Å². The van der Waals surface area contributed by atoms with Gasteiger partial charge >= 0.3 is 12.1 Å². The minimum Gasteiger partial charge on any atom is -0.481 e. The number of aromatic nitrogens is 2. The number of aliphatic carboxylic acids is 1. The standard InChI is InChI=1S/C27H39N3O5/c1-16-7-9-18(26(5,6)14-16)21(30-24(33)35-25(2,3)4)22-28-19-10-8-17(13-20(19)29-22)27(23(31)32)11-12-34-15-27/h8,10,13,16,18,21H,7,9,11-12,14-15H2,1-6H3,(H,28,29)(H,30,33)(H,31,32). The van der Waals surface area contributed by atoms with Crippen LogP contribution >= 0.6 is 0 Å². The van der Waals surface area contributed by atoms with Gasteiger partial charge in [0.1, 0.15) is 16.8 Å². The van der Waals surface area contributed by atoms with Gasteiger partial charge in [-0.25, -0.2) is 9.78 Å². The maximum absolute atomic E-state index is 12.9. The molecule has 2 fully saturated rings. The van der Waals surface area contributed by atoms with Crippen molar-refractivity contribution in [3.8, 4) is 0 Å². The molecule has 0 spiro atoms. The highest BCUT2D eigenvalue weighted by molar-refractivity contribution is 5.85. The van der Waals surface area contributed by atoms with Crippen molar-refractivity contribution in [1.82, 2.24) is 15.3 Å². The highest BCUT2D eigenvalue weighted by atomic mass is 16.6. The second-order valence-electron chi connectivity index (χ2n) is 12.1. The van der Waals surface area contributed by atoms with Crippen LogP contribution in [-0.2, 0) is 19.7 Å². The number of aromatic amines is 1. The number of hydrogen-bond acceptors (Lipinski definition) is 5. The molecule has 1 saturated carbocycles. The predicted octanol–water partition coefficient (Wildman–Crippen LogP) is 5.33. The number of nitrogens with zero attached hydrogens (tertiary/aromatic N) is 1. The molecule has 8 nitrogen and oxygen atoms in total. The van der Waals surface area contributed by atoms with Crippen LogP contribution in [0.4, 0.5) is 4.79 Å². The molecule has 8 heteroatoms. The van der Waals surface area contributed by atoms with Gasteiger partial charge in [-0.15, -0.1) is 0 Å². The highest BCUT2D eigenvalue weighted by Gasteiger charge is 2.45. The Kier molecular flexibility index (Phi) is 6.64. The number of amides is 1. The van der Waals surface area contributed by atoms with Crippen LogP contribution in [-0.4, -0.2) is 46.0 Å². The van der Waals surface area contributed by atoms with Crippen LogP contribution < -0.4 is 5.32 Å². The van der Waals surface area contributed by atoms with Gasteiger partial charge in [0.2, 0.25) is 0 Å². The first-order valence-electron chi connectivity index (χ1n) is 12.6. The number of imidazole rings is 1. The lowest BCUT2D eigenvalue weighted by atomic mass is 9.63. The number of fused-ring (bicyclic) bond motifs is 1. The Hall–Kier alpha value is -2.61. The van der Waals surface area contributed by atoms with E-state index in [-0.39, 0.29) is 24.0 Å². The third-order valence-corrected chi connectivity index (χ3v) is 7.70. The fraction of sp³-hybridized carbons (Fsp3) is 0.667. The van der Waals surface area contributed by atoms with Crippen molar-refractivity contribution in [3.05, 3.63) is 29.6 Å². The molecule has 2 aliphatic rings. The number of alkyl carbamates (subject to hydrolysis) is 1. The first-order chi connectivity index (χ1) is 16.3. The lowest BCUT2D eigenvalue weighted by Crippen LogP contribution is -2.44. The van der Waals surface area contributed by atoms with Gasteiger partial charge in [0.05, 0.1) is 23.7 Å². The average Bonchev–Trinajstić information content (AvgIpc) is 3.38. The van der Waals surface area contributed by atoms with Crippen molar-refractivity contribution in [2.24, 2.45) is 17.3 Å². The number of carbonyl (C=O) groups is 2. The molecule has 1 aliphatic heterocycles. The Morgan fingerprint density at radius 1 is 1.29 bits per heavy atom. The predicted molar refractivity (Wildman–Crippen MR) is 133 cm³/mol. The number of benzene rings is 1. The molecule has 1 amide bonds. The van der Waals surface area contributed by atoms with Gasteiger partial charge < -0.3 is 24.9 Å². The molecule has 0 bridgehead atoms. The molecule has 192 valence electrons. The number of nitrogens with one attached hydrogen (secondary N) is 2. The topological polar surface area (TPSA) is 114 Å². The summed E-state index contributed by atoms with van der Waals surface area (Å²) < 4.78 is 11.1. The molecule has 2 heterocycles. The van der Waals surface area contributed by atoms with E-state index in [9.17, 15) is 14.7 Å². The molecule has 1 aromatic carbocycles. The van der Waals surface area contributed by atoms with Crippen molar-refractivity contribution in [2.75, 3.05) is 13.2 Å². The summed E-state index contributed by atoms with van der Waals surface area (Å²) in [7, 11) is 0. The Bertz CT molecular complexity index is 1090. The van der Waals surface area contributed by atoms with E-state index in [1.165, 1.54) is 0 Å². The van der Waals surface area contributed by atoms with Gasteiger partial charge in [-0.3, -0.25) is 4.79 Å². The van der Waals surface area contributed by atoms with E-state index in [0.29, 0.717) is 35.9 Å². The van der Waals surface area contributed by atoms with Crippen LogP contribution in [0.2, 0.25) is 0 Å².